The van der Waals surface area contributed by atoms with Crippen molar-refractivity contribution in [1.29, 1.82) is 0 Å². The van der Waals surface area contributed by atoms with Gasteiger partial charge in [0.25, 0.3) is 0 Å². The highest BCUT2D eigenvalue weighted by Crippen LogP contribution is 2.81. The van der Waals surface area contributed by atoms with Gasteiger partial charge in [-0.3, -0.25) is 0 Å². The van der Waals surface area contributed by atoms with E-state index in [2.05, 4.69) is 20.8 Å². The molecule has 80 valence electrons. The predicted molar refractivity (Wildman–Crippen MR) is 60.1 cm³/mol. The largest absolute Gasteiger partial charge is 0.0622 e. The summed E-state index contributed by atoms with van der Waals surface area (Å²) in [5.74, 6) is 0.927. The second kappa shape index (κ2) is 2.39. The first-order valence-corrected chi connectivity index (χ1v) is 6.56. The van der Waals surface area contributed by atoms with Crippen LogP contribution in [-0.4, -0.2) is 0 Å². The molecule has 0 radical (unpaired) electrons. The molecule has 0 spiro atoms. The summed E-state index contributed by atoms with van der Waals surface area (Å²) in [5, 5.41) is 0. The SMILES string of the molecule is CC(C)C1(C2(C3(C)CC3)CC2)CCC1. The zero-order chi connectivity index (χ0) is 10.0. The van der Waals surface area contributed by atoms with Crippen molar-refractivity contribution in [1.82, 2.24) is 0 Å². The molecule has 0 amide bonds. The van der Waals surface area contributed by atoms with Gasteiger partial charge in [-0.2, -0.15) is 0 Å². The molecule has 0 aliphatic heterocycles. The first-order valence-electron chi connectivity index (χ1n) is 6.56. The molecule has 0 nitrogen and oxygen atoms in total. The van der Waals surface area contributed by atoms with Gasteiger partial charge in [-0.15, -0.1) is 0 Å². The highest BCUT2D eigenvalue weighted by atomic mass is 14.8. The van der Waals surface area contributed by atoms with Crippen LogP contribution in [0, 0.1) is 22.2 Å². The van der Waals surface area contributed by atoms with Crippen molar-refractivity contribution in [2.45, 2.75) is 65.7 Å². The summed E-state index contributed by atoms with van der Waals surface area (Å²) in [6.07, 6.45) is 10.8. The molecule has 14 heavy (non-hydrogen) atoms. The Bertz CT molecular complexity index is 249. The van der Waals surface area contributed by atoms with Crippen LogP contribution in [0.3, 0.4) is 0 Å². The van der Waals surface area contributed by atoms with E-state index in [4.69, 9.17) is 0 Å². The Labute approximate surface area is 88.5 Å². The van der Waals surface area contributed by atoms with E-state index in [1.54, 1.807) is 25.7 Å². The lowest BCUT2D eigenvalue weighted by Crippen LogP contribution is -2.47. The van der Waals surface area contributed by atoms with Gasteiger partial charge in [0.1, 0.15) is 0 Å². The smallest absolute Gasteiger partial charge is 0.0184 e. The van der Waals surface area contributed by atoms with E-state index in [0.717, 1.165) is 22.2 Å². The molecule has 3 rings (SSSR count). The summed E-state index contributed by atoms with van der Waals surface area (Å²) in [6, 6.07) is 0. The lowest BCUT2D eigenvalue weighted by Gasteiger charge is -2.55. The van der Waals surface area contributed by atoms with Gasteiger partial charge in [0.15, 0.2) is 0 Å². The highest BCUT2D eigenvalue weighted by Gasteiger charge is 2.72. The van der Waals surface area contributed by atoms with Gasteiger partial charge in [-0.1, -0.05) is 27.2 Å². The zero-order valence-corrected chi connectivity index (χ0v) is 10.0. The quantitative estimate of drug-likeness (QED) is 0.622. The van der Waals surface area contributed by atoms with Gasteiger partial charge in [-0.05, 0) is 60.7 Å². The van der Waals surface area contributed by atoms with E-state index < -0.39 is 0 Å². The molecule has 0 aromatic heterocycles. The molecule has 0 bridgehead atoms. The van der Waals surface area contributed by atoms with Crippen molar-refractivity contribution in [3.63, 3.8) is 0 Å². The van der Waals surface area contributed by atoms with E-state index >= 15 is 0 Å². The molecule has 0 unspecified atom stereocenters. The van der Waals surface area contributed by atoms with Crippen LogP contribution >= 0.6 is 0 Å². The van der Waals surface area contributed by atoms with E-state index in [1.807, 2.05) is 0 Å². The average molecular weight is 192 g/mol. The molecule has 0 saturated heterocycles. The summed E-state index contributed by atoms with van der Waals surface area (Å²) in [4.78, 5) is 0. The Morgan fingerprint density at radius 2 is 1.43 bits per heavy atom. The Balaban J connectivity index is 1.93. The molecular formula is C14H24. The summed E-state index contributed by atoms with van der Waals surface area (Å²) < 4.78 is 0. The minimum atomic E-state index is 0.775. The van der Waals surface area contributed by atoms with Crippen LogP contribution in [-0.2, 0) is 0 Å². The Morgan fingerprint density at radius 3 is 1.64 bits per heavy atom. The Hall–Kier alpha value is 0. The molecule has 3 aliphatic rings. The topological polar surface area (TPSA) is 0 Å². The van der Waals surface area contributed by atoms with Crippen molar-refractivity contribution < 1.29 is 0 Å². The average Bonchev–Trinajstić information content (AvgIpc) is 2.82. The summed E-state index contributed by atoms with van der Waals surface area (Å²) in [5.41, 5.74) is 2.36. The predicted octanol–water partition coefficient (Wildman–Crippen LogP) is 4.39. The fraction of sp³-hybridized carbons (Fsp3) is 1.00. The van der Waals surface area contributed by atoms with E-state index in [9.17, 15) is 0 Å². The van der Waals surface area contributed by atoms with Crippen LogP contribution in [0.5, 0.6) is 0 Å². The molecule has 3 fully saturated rings. The van der Waals surface area contributed by atoms with Crippen molar-refractivity contribution in [2.75, 3.05) is 0 Å². The lowest BCUT2D eigenvalue weighted by molar-refractivity contribution is -0.0561. The van der Waals surface area contributed by atoms with Gasteiger partial charge >= 0.3 is 0 Å². The molecule has 3 saturated carbocycles. The van der Waals surface area contributed by atoms with Gasteiger partial charge in [0.2, 0.25) is 0 Å². The molecule has 0 heterocycles. The molecule has 0 N–H and O–H groups in total. The number of hydrogen-bond donors (Lipinski definition) is 0. The van der Waals surface area contributed by atoms with Crippen molar-refractivity contribution in [2.24, 2.45) is 22.2 Å². The van der Waals surface area contributed by atoms with E-state index in [-0.39, 0.29) is 0 Å². The van der Waals surface area contributed by atoms with Crippen LogP contribution in [0.1, 0.15) is 65.7 Å². The third kappa shape index (κ3) is 0.823. The van der Waals surface area contributed by atoms with Crippen LogP contribution < -0.4 is 0 Å². The van der Waals surface area contributed by atoms with Crippen LogP contribution in [0.15, 0.2) is 0 Å². The molecular weight excluding hydrogens is 168 g/mol. The fourth-order valence-electron chi connectivity index (χ4n) is 4.66. The van der Waals surface area contributed by atoms with Crippen molar-refractivity contribution in [3.05, 3.63) is 0 Å². The summed E-state index contributed by atoms with van der Waals surface area (Å²) in [7, 11) is 0. The van der Waals surface area contributed by atoms with Gasteiger partial charge in [0, 0.05) is 0 Å². The minimum Gasteiger partial charge on any atom is -0.0622 e. The summed E-state index contributed by atoms with van der Waals surface area (Å²) in [6.45, 7) is 7.53. The Kier molecular flexibility index (Phi) is 1.58. The zero-order valence-electron chi connectivity index (χ0n) is 10.0. The molecule has 3 aliphatic carbocycles. The van der Waals surface area contributed by atoms with Crippen molar-refractivity contribution in [3.8, 4) is 0 Å². The maximum Gasteiger partial charge on any atom is -0.0184 e. The second-order valence-corrected chi connectivity index (χ2v) is 6.81. The third-order valence-corrected chi connectivity index (χ3v) is 6.21. The maximum atomic E-state index is 2.57. The molecule has 0 aromatic rings. The van der Waals surface area contributed by atoms with Crippen molar-refractivity contribution >= 4 is 0 Å². The van der Waals surface area contributed by atoms with E-state index in [1.165, 1.54) is 19.3 Å². The highest BCUT2D eigenvalue weighted by molar-refractivity contribution is 5.22. The fourth-order valence-corrected chi connectivity index (χ4v) is 4.66. The normalized spacial score (nSPS) is 35.1. The standard InChI is InChI=1S/C14H24/c1-11(2)13(5-4-6-13)14(9-10-14)12(3)7-8-12/h11H,4-10H2,1-3H3. The first kappa shape index (κ1) is 9.24. The van der Waals surface area contributed by atoms with Crippen LogP contribution in [0.4, 0.5) is 0 Å². The second-order valence-electron chi connectivity index (χ2n) is 6.81. The first-order chi connectivity index (χ1) is 6.56. The number of rotatable bonds is 3. The Morgan fingerprint density at radius 1 is 0.857 bits per heavy atom. The molecule has 0 aromatic carbocycles. The van der Waals surface area contributed by atoms with E-state index in [0.29, 0.717) is 0 Å². The molecule has 0 atom stereocenters. The van der Waals surface area contributed by atoms with Crippen LogP contribution in [0.25, 0.3) is 0 Å². The van der Waals surface area contributed by atoms with Crippen LogP contribution in [0.2, 0.25) is 0 Å². The minimum absolute atomic E-state index is 0.775. The third-order valence-electron chi connectivity index (χ3n) is 6.21. The monoisotopic (exact) mass is 192 g/mol. The summed E-state index contributed by atoms with van der Waals surface area (Å²) >= 11 is 0. The van der Waals surface area contributed by atoms with Gasteiger partial charge < -0.3 is 0 Å². The van der Waals surface area contributed by atoms with Gasteiger partial charge in [-0.25, -0.2) is 0 Å². The van der Waals surface area contributed by atoms with Gasteiger partial charge in [0.05, 0.1) is 0 Å². The lowest BCUT2D eigenvalue weighted by atomic mass is 9.50. The number of hydrogen-bond acceptors (Lipinski definition) is 0. The maximum absolute atomic E-state index is 2.57. The molecule has 0 heteroatoms.